The molecule has 0 bridgehead atoms. The van der Waals surface area contributed by atoms with Crippen molar-refractivity contribution >= 4 is 5.91 Å². The summed E-state index contributed by atoms with van der Waals surface area (Å²) in [4.78, 5) is 13.7. The molecular weight excluding hydrogens is 260 g/mol. The topological polar surface area (TPSA) is 32.3 Å². The Morgan fingerprint density at radius 2 is 2.00 bits per heavy atom. The average Bonchev–Trinajstić information content (AvgIpc) is 2.50. The normalized spacial score (nSPS) is 16.0. The highest BCUT2D eigenvalue weighted by Gasteiger charge is 2.19. The lowest BCUT2D eigenvalue weighted by Gasteiger charge is -2.32. The van der Waals surface area contributed by atoms with Gasteiger partial charge in [-0.15, -0.1) is 0 Å². The third-order valence-electron chi connectivity index (χ3n) is 4.03. The van der Waals surface area contributed by atoms with Gasteiger partial charge in [-0.05, 0) is 56.7 Å². The average molecular weight is 284 g/mol. The van der Waals surface area contributed by atoms with Gasteiger partial charge in [-0.3, -0.25) is 4.79 Å². The Morgan fingerprint density at radius 1 is 1.29 bits per heavy atom. The van der Waals surface area contributed by atoms with Gasteiger partial charge in [-0.2, -0.15) is 0 Å². The number of amides is 1. The molecule has 0 aliphatic carbocycles. The van der Waals surface area contributed by atoms with Crippen LogP contribution in [-0.2, 0) is 11.2 Å². The summed E-state index contributed by atoms with van der Waals surface area (Å²) >= 11 is 0. The molecule has 1 N–H and O–H groups in total. The molecule has 1 aromatic carbocycles. The second-order valence-electron chi connectivity index (χ2n) is 5.61. The molecule has 112 valence electrons. The molecule has 2 rings (SSSR count). The van der Waals surface area contributed by atoms with Crippen LogP contribution in [0.4, 0.5) is 0 Å². The fraction of sp³-hybridized carbons (Fsp3) is 0.500. The van der Waals surface area contributed by atoms with Crippen molar-refractivity contribution in [2.24, 2.45) is 5.92 Å². The van der Waals surface area contributed by atoms with E-state index >= 15 is 0 Å². The molecule has 1 fully saturated rings. The third-order valence-corrected chi connectivity index (χ3v) is 4.03. The van der Waals surface area contributed by atoms with Gasteiger partial charge in [0.15, 0.2) is 0 Å². The summed E-state index contributed by atoms with van der Waals surface area (Å²) in [5.74, 6) is 5.73. The van der Waals surface area contributed by atoms with Gasteiger partial charge in [0.2, 0.25) is 0 Å². The van der Waals surface area contributed by atoms with Crippen LogP contribution < -0.4 is 5.32 Å². The van der Waals surface area contributed by atoms with E-state index in [-0.39, 0.29) is 5.91 Å². The monoisotopic (exact) mass is 284 g/mol. The summed E-state index contributed by atoms with van der Waals surface area (Å²) in [7, 11) is 0. The number of carbonyl (C=O) groups is 1. The summed E-state index contributed by atoms with van der Waals surface area (Å²) in [5, 5.41) is 2.83. The van der Waals surface area contributed by atoms with Crippen LogP contribution in [0.5, 0.6) is 0 Å². The van der Waals surface area contributed by atoms with Crippen LogP contribution >= 0.6 is 0 Å². The van der Waals surface area contributed by atoms with Crippen LogP contribution in [0.3, 0.4) is 0 Å². The highest BCUT2D eigenvalue weighted by atomic mass is 16.1. The van der Waals surface area contributed by atoms with Crippen molar-refractivity contribution in [3.8, 4) is 11.8 Å². The number of likely N-dealkylation sites (tertiary alicyclic amines) is 1. The summed E-state index contributed by atoms with van der Waals surface area (Å²) < 4.78 is 0. The van der Waals surface area contributed by atoms with Gasteiger partial charge >= 0.3 is 0 Å². The van der Waals surface area contributed by atoms with Crippen LogP contribution in [0.25, 0.3) is 0 Å². The smallest absolute Gasteiger partial charge is 0.295 e. The van der Waals surface area contributed by atoms with Crippen LogP contribution in [0.1, 0.15) is 25.3 Å². The number of piperidine rings is 1. The molecule has 3 heteroatoms. The first kappa shape index (κ1) is 15.6. The van der Waals surface area contributed by atoms with Gasteiger partial charge in [-0.25, -0.2) is 0 Å². The van der Waals surface area contributed by atoms with Crippen LogP contribution in [0, 0.1) is 17.8 Å². The number of nitrogens with one attached hydrogen (secondary N) is 1. The first-order chi connectivity index (χ1) is 10.3. The van der Waals surface area contributed by atoms with Gasteiger partial charge < -0.3 is 10.2 Å². The largest absolute Gasteiger partial charge is 0.344 e. The quantitative estimate of drug-likeness (QED) is 0.840. The maximum atomic E-state index is 11.2. The second-order valence-corrected chi connectivity index (χ2v) is 5.61. The maximum Gasteiger partial charge on any atom is 0.295 e. The van der Waals surface area contributed by atoms with E-state index in [1.54, 1.807) is 6.92 Å². The number of hydrogen-bond acceptors (Lipinski definition) is 2. The van der Waals surface area contributed by atoms with Gasteiger partial charge in [-0.1, -0.05) is 36.3 Å². The van der Waals surface area contributed by atoms with Crippen molar-refractivity contribution in [3.05, 3.63) is 35.9 Å². The molecule has 1 saturated heterocycles. The fourth-order valence-corrected chi connectivity index (χ4v) is 2.85. The number of rotatable bonds is 5. The van der Waals surface area contributed by atoms with E-state index in [4.69, 9.17) is 0 Å². The standard InChI is InChI=1S/C18H24N2O/c1-2-6-18(21)19-11-14-20-12-9-17(10-13-20)15-16-7-4-3-5-8-16/h3-5,7-8,17H,9-15H2,1H3,(H,19,21). The zero-order valence-electron chi connectivity index (χ0n) is 12.8. The lowest BCUT2D eigenvalue weighted by atomic mass is 9.90. The van der Waals surface area contributed by atoms with E-state index in [9.17, 15) is 4.79 Å². The van der Waals surface area contributed by atoms with E-state index in [0.717, 1.165) is 25.6 Å². The van der Waals surface area contributed by atoms with Gasteiger partial charge in [0.1, 0.15) is 0 Å². The van der Waals surface area contributed by atoms with Crippen LogP contribution in [0.15, 0.2) is 30.3 Å². The molecule has 21 heavy (non-hydrogen) atoms. The predicted octanol–water partition coefficient (Wildman–Crippen LogP) is 2.08. The Kier molecular flexibility index (Phi) is 6.30. The Labute approximate surface area is 127 Å². The Bertz CT molecular complexity index is 493. The van der Waals surface area contributed by atoms with Crippen LogP contribution in [-0.4, -0.2) is 37.0 Å². The molecule has 0 saturated carbocycles. The second kappa shape index (κ2) is 8.49. The summed E-state index contributed by atoms with van der Waals surface area (Å²) in [5.41, 5.74) is 1.45. The van der Waals surface area contributed by atoms with Gasteiger partial charge in [0.25, 0.3) is 5.91 Å². The van der Waals surface area contributed by atoms with E-state index in [2.05, 4.69) is 52.4 Å². The number of nitrogens with zero attached hydrogens (tertiary/aromatic N) is 1. The SMILES string of the molecule is CC#CC(=O)NCCN1CCC(Cc2ccccc2)CC1. The van der Waals surface area contributed by atoms with Crippen molar-refractivity contribution in [3.63, 3.8) is 0 Å². The summed E-state index contributed by atoms with van der Waals surface area (Å²) in [6, 6.07) is 10.7. The fourth-order valence-electron chi connectivity index (χ4n) is 2.85. The van der Waals surface area contributed by atoms with Crippen LogP contribution in [0.2, 0.25) is 0 Å². The maximum absolute atomic E-state index is 11.2. The van der Waals surface area contributed by atoms with Crippen molar-refractivity contribution in [1.29, 1.82) is 0 Å². The molecule has 0 atom stereocenters. The third kappa shape index (κ3) is 5.61. The molecule has 3 nitrogen and oxygen atoms in total. The van der Waals surface area contributed by atoms with Crippen molar-refractivity contribution in [2.75, 3.05) is 26.2 Å². The van der Waals surface area contributed by atoms with Gasteiger partial charge in [0.05, 0.1) is 0 Å². The summed E-state index contributed by atoms with van der Waals surface area (Å²) in [6.07, 6.45) is 3.69. The minimum absolute atomic E-state index is 0.170. The minimum atomic E-state index is -0.170. The number of benzene rings is 1. The van der Waals surface area contributed by atoms with Crippen molar-refractivity contribution in [2.45, 2.75) is 26.2 Å². The molecule has 0 aromatic heterocycles. The molecule has 1 aromatic rings. The lowest BCUT2D eigenvalue weighted by molar-refractivity contribution is -0.115. The van der Waals surface area contributed by atoms with E-state index < -0.39 is 0 Å². The Hall–Kier alpha value is -1.79. The Balaban J connectivity index is 1.64. The molecule has 1 amide bonds. The number of carbonyl (C=O) groups excluding carboxylic acids is 1. The first-order valence-electron chi connectivity index (χ1n) is 7.75. The van der Waals surface area contributed by atoms with E-state index in [1.165, 1.54) is 24.8 Å². The minimum Gasteiger partial charge on any atom is -0.344 e. The Morgan fingerprint density at radius 3 is 2.67 bits per heavy atom. The molecular formula is C18H24N2O. The highest BCUT2D eigenvalue weighted by molar-refractivity contribution is 5.93. The molecule has 0 unspecified atom stereocenters. The highest BCUT2D eigenvalue weighted by Crippen LogP contribution is 2.21. The number of hydrogen-bond donors (Lipinski definition) is 1. The zero-order valence-corrected chi connectivity index (χ0v) is 12.8. The molecule has 0 spiro atoms. The van der Waals surface area contributed by atoms with E-state index in [1.807, 2.05) is 0 Å². The van der Waals surface area contributed by atoms with E-state index in [0.29, 0.717) is 6.54 Å². The molecule has 1 heterocycles. The zero-order chi connectivity index (χ0) is 14.9. The summed E-state index contributed by atoms with van der Waals surface area (Å²) in [6.45, 7) is 5.56. The van der Waals surface area contributed by atoms with Crippen molar-refractivity contribution < 1.29 is 4.79 Å². The lowest BCUT2D eigenvalue weighted by Crippen LogP contribution is -2.39. The van der Waals surface area contributed by atoms with Gasteiger partial charge in [0, 0.05) is 13.1 Å². The molecule has 1 aliphatic rings. The molecule has 0 radical (unpaired) electrons. The first-order valence-corrected chi connectivity index (χ1v) is 7.75. The van der Waals surface area contributed by atoms with Crippen molar-refractivity contribution in [1.82, 2.24) is 10.2 Å². The predicted molar refractivity (Wildman–Crippen MR) is 85.8 cm³/mol. The molecule has 1 aliphatic heterocycles.